The van der Waals surface area contributed by atoms with E-state index in [1.54, 1.807) is 11.3 Å². The summed E-state index contributed by atoms with van der Waals surface area (Å²) in [5, 5.41) is 8.90. The quantitative estimate of drug-likeness (QED) is 0.641. The largest absolute Gasteiger partial charge is 0.358 e. The van der Waals surface area contributed by atoms with E-state index in [0.717, 1.165) is 33.2 Å². The summed E-state index contributed by atoms with van der Waals surface area (Å²) in [5.41, 5.74) is 3.14. The van der Waals surface area contributed by atoms with Crippen LogP contribution in [-0.2, 0) is 13.0 Å². The van der Waals surface area contributed by atoms with Crippen LogP contribution in [-0.4, -0.2) is 10.1 Å². The number of aromatic nitrogens is 1. The van der Waals surface area contributed by atoms with E-state index in [2.05, 4.69) is 28.6 Å². The summed E-state index contributed by atoms with van der Waals surface area (Å²) in [6, 6.07) is 13.8. The van der Waals surface area contributed by atoms with E-state index in [-0.39, 0.29) is 0 Å². The van der Waals surface area contributed by atoms with Crippen molar-refractivity contribution >= 4 is 56.2 Å². The van der Waals surface area contributed by atoms with Gasteiger partial charge in [-0.15, -0.1) is 11.3 Å². The fourth-order valence-electron chi connectivity index (χ4n) is 2.16. The predicted octanol–water partition coefficient (Wildman–Crippen LogP) is 5.00. The number of fused-ring (bicyclic) bond motifs is 1. The van der Waals surface area contributed by atoms with Crippen LogP contribution in [0.15, 0.2) is 42.5 Å². The number of hydrogen-bond acceptors (Lipinski definition) is 3. The minimum absolute atomic E-state index is 0.597. The monoisotopic (exact) mass is 361 g/mol. The van der Waals surface area contributed by atoms with Gasteiger partial charge in [0, 0.05) is 17.3 Å². The Morgan fingerprint density at radius 3 is 2.74 bits per heavy atom. The molecule has 3 aromatic rings. The van der Waals surface area contributed by atoms with Crippen molar-refractivity contribution in [2.45, 2.75) is 19.9 Å². The molecular formula is C17H16ClN3S2. The molecule has 23 heavy (non-hydrogen) atoms. The highest BCUT2D eigenvalue weighted by Gasteiger charge is 2.04. The second kappa shape index (κ2) is 7.25. The van der Waals surface area contributed by atoms with Crippen LogP contribution < -0.4 is 10.6 Å². The average molecular weight is 362 g/mol. The van der Waals surface area contributed by atoms with Crippen LogP contribution in [0.4, 0.5) is 5.69 Å². The summed E-state index contributed by atoms with van der Waals surface area (Å²) in [5.74, 6) is 0. The lowest BCUT2D eigenvalue weighted by atomic mass is 10.2. The molecule has 0 amide bonds. The lowest BCUT2D eigenvalue weighted by Crippen LogP contribution is -2.27. The number of nitrogens with zero attached hydrogens (tertiary/aromatic N) is 1. The molecular weight excluding hydrogens is 346 g/mol. The van der Waals surface area contributed by atoms with Crippen molar-refractivity contribution in [1.29, 1.82) is 0 Å². The van der Waals surface area contributed by atoms with Gasteiger partial charge in [-0.1, -0.05) is 30.7 Å². The zero-order valence-electron chi connectivity index (χ0n) is 12.6. The van der Waals surface area contributed by atoms with Gasteiger partial charge in [0.15, 0.2) is 5.11 Å². The van der Waals surface area contributed by atoms with Crippen molar-refractivity contribution in [2.75, 3.05) is 5.32 Å². The molecule has 1 aromatic heterocycles. The van der Waals surface area contributed by atoms with Crippen molar-refractivity contribution in [3.8, 4) is 0 Å². The summed E-state index contributed by atoms with van der Waals surface area (Å²) >= 11 is 13.0. The smallest absolute Gasteiger partial charge is 0.171 e. The Hall–Kier alpha value is -1.69. The Labute approximate surface area is 149 Å². The number of thiazole rings is 1. The molecule has 2 N–H and O–H groups in total. The normalized spacial score (nSPS) is 10.7. The molecule has 0 fully saturated rings. The van der Waals surface area contributed by atoms with Crippen LogP contribution in [0.25, 0.3) is 10.2 Å². The van der Waals surface area contributed by atoms with E-state index >= 15 is 0 Å². The fraction of sp³-hybridized carbons (Fsp3) is 0.176. The summed E-state index contributed by atoms with van der Waals surface area (Å²) in [7, 11) is 0. The fourth-order valence-corrected chi connectivity index (χ4v) is 3.42. The molecule has 2 aromatic carbocycles. The van der Waals surface area contributed by atoms with Gasteiger partial charge >= 0.3 is 0 Å². The highest BCUT2D eigenvalue weighted by Crippen LogP contribution is 2.25. The number of rotatable bonds is 4. The van der Waals surface area contributed by atoms with Gasteiger partial charge in [-0.25, -0.2) is 4.98 Å². The Bertz CT molecular complexity index is 827. The molecule has 0 atom stereocenters. The van der Waals surface area contributed by atoms with Crippen LogP contribution in [0.3, 0.4) is 0 Å². The number of nitrogens with one attached hydrogen (secondary N) is 2. The second-order valence-electron chi connectivity index (χ2n) is 5.08. The molecule has 0 saturated carbocycles. The highest BCUT2D eigenvalue weighted by molar-refractivity contribution is 7.80. The topological polar surface area (TPSA) is 37.0 Å². The first-order valence-corrected chi connectivity index (χ1v) is 8.93. The first-order valence-electron chi connectivity index (χ1n) is 7.33. The average Bonchev–Trinajstić information content (AvgIpc) is 2.97. The van der Waals surface area contributed by atoms with Crippen molar-refractivity contribution in [3.63, 3.8) is 0 Å². The predicted molar refractivity (Wildman–Crippen MR) is 104 cm³/mol. The molecule has 0 saturated heterocycles. The Morgan fingerprint density at radius 2 is 2.00 bits per heavy atom. The maximum Gasteiger partial charge on any atom is 0.171 e. The Kier molecular flexibility index (Phi) is 5.10. The number of thiocarbonyl (C=S) groups is 1. The number of aryl methyl sites for hydroxylation is 1. The maximum atomic E-state index is 5.88. The van der Waals surface area contributed by atoms with Gasteiger partial charge < -0.3 is 10.6 Å². The van der Waals surface area contributed by atoms with Crippen molar-refractivity contribution in [1.82, 2.24) is 10.3 Å². The van der Waals surface area contributed by atoms with Crippen LogP contribution in [0.2, 0.25) is 5.02 Å². The van der Waals surface area contributed by atoms with E-state index in [1.807, 2.05) is 36.4 Å². The Balaban J connectivity index is 1.61. The van der Waals surface area contributed by atoms with Crippen LogP contribution in [0.1, 0.15) is 17.5 Å². The lowest BCUT2D eigenvalue weighted by molar-refractivity contribution is 0.926. The highest BCUT2D eigenvalue weighted by atomic mass is 35.5. The van der Waals surface area contributed by atoms with Gasteiger partial charge in [0.25, 0.3) is 0 Å². The first kappa shape index (κ1) is 16.2. The van der Waals surface area contributed by atoms with E-state index in [0.29, 0.717) is 11.7 Å². The van der Waals surface area contributed by atoms with Crippen LogP contribution in [0.5, 0.6) is 0 Å². The van der Waals surface area contributed by atoms with Crippen LogP contribution >= 0.6 is 35.2 Å². The third-order valence-corrected chi connectivity index (χ3v) is 5.02. The van der Waals surface area contributed by atoms with Gasteiger partial charge in [0.2, 0.25) is 0 Å². The van der Waals surface area contributed by atoms with Gasteiger partial charge in [-0.2, -0.15) is 0 Å². The van der Waals surface area contributed by atoms with Crippen LogP contribution in [0, 0.1) is 0 Å². The number of benzene rings is 2. The van der Waals surface area contributed by atoms with Crippen molar-refractivity contribution < 1.29 is 0 Å². The molecule has 3 nitrogen and oxygen atoms in total. The summed E-state index contributed by atoms with van der Waals surface area (Å²) < 4.78 is 1.17. The molecule has 1 heterocycles. The molecule has 6 heteroatoms. The summed E-state index contributed by atoms with van der Waals surface area (Å²) in [4.78, 5) is 4.57. The zero-order valence-corrected chi connectivity index (χ0v) is 15.0. The molecule has 0 spiro atoms. The second-order valence-corrected chi connectivity index (χ2v) is 7.04. The summed E-state index contributed by atoms with van der Waals surface area (Å²) in [6.45, 7) is 2.78. The maximum absolute atomic E-state index is 5.88. The minimum atomic E-state index is 0.597. The van der Waals surface area contributed by atoms with E-state index in [1.165, 1.54) is 4.70 Å². The zero-order chi connectivity index (χ0) is 16.2. The molecule has 0 bridgehead atoms. The number of anilines is 1. The molecule has 0 radical (unpaired) electrons. The van der Waals surface area contributed by atoms with Gasteiger partial charge in [-0.05, 0) is 54.5 Å². The third kappa shape index (κ3) is 4.19. The summed E-state index contributed by atoms with van der Waals surface area (Å²) in [6.07, 6.45) is 0.961. The molecule has 0 unspecified atom stereocenters. The molecule has 0 aliphatic carbocycles. The lowest BCUT2D eigenvalue weighted by Gasteiger charge is -2.10. The van der Waals surface area contributed by atoms with E-state index in [4.69, 9.17) is 23.8 Å². The molecule has 118 valence electrons. The SMILES string of the molecule is CCc1nc2ccc(NC(=S)NCc3ccc(Cl)cc3)cc2s1. The van der Waals surface area contributed by atoms with E-state index < -0.39 is 0 Å². The Morgan fingerprint density at radius 1 is 1.22 bits per heavy atom. The van der Waals surface area contributed by atoms with Gasteiger partial charge in [-0.3, -0.25) is 0 Å². The molecule has 0 aliphatic heterocycles. The van der Waals surface area contributed by atoms with E-state index in [9.17, 15) is 0 Å². The first-order chi connectivity index (χ1) is 11.1. The molecule has 3 rings (SSSR count). The van der Waals surface area contributed by atoms with Crippen molar-refractivity contribution in [2.24, 2.45) is 0 Å². The van der Waals surface area contributed by atoms with Crippen molar-refractivity contribution in [3.05, 3.63) is 58.1 Å². The van der Waals surface area contributed by atoms with Gasteiger partial charge in [0.1, 0.15) is 0 Å². The number of halogens is 1. The van der Waals surface area contributed by atoms with Gasteiger partial charge in [0.05, 0.1) is 15.2 Å². The minimum Gasteiger partial charge on any atom is -0.358 e. The molecule has 0 aliphatic rings. The third-order valence-electron chi connectivity index (χ3n) is 3.36. The standard InChI is InChI=1S/C17H16ClN3S2/c1-2-16-21-14-8-7-13(9-15(14)23-16)20-17(22)19-10-11-3-5-12(18)6-4-11/h3-9H,2,10H2,1H3,(H2,19,20,22). The number of hydrogen-bond donors (Lipinski definition) is 2.